The van der Waals surface area contributed by atoms with E-state index in [2.05, 4.69) is 28.7 Å². The molecular formula is C14H19N3O2S. The van der Waals surface area contributed by atoms with Gasteiger partial charge in [0.2, 0.25) is 0 Å². The number of rotatable bonds is 6. The molecule has 0 radical (unpaired) electrons. The first-order valence-corrected chi connectivity index (χ1v) is 7.64. The number of fused-ring (bicyclic) bond motifs is 1. The molecule has 2 heterocycles. The molecule has 108 valence electrons. The van der Waals surface area contributed by atoms with Crippen LogP contribution in [0, 0.1) is 6.92 Å². The molecule has 0 atom stereocenters. The maximum absolute atomic E-state index is 11.3. The first-order valence-electron chi connectivity index (χ1n) is 6.82. The van der Waals surface area contributed by atoms with Crippen molar-refractivity contribution in [3.05, 3.63) is 16.8 Å². The van der Waals surface area contributed by atoms with Crippen molar-refractivity contribution in [1.29, 1.82) is 0 Å². The molecule has 2 aromatic rings. The first-order chi connectivity index (χ1) is 9.60. The van der Waals surface area contributed by atoms with E-state index in [4.69, 9.17) is 0 Å². The van der Waals surface area contributed by atoms with Crippen LogP contribution >= 0.6 is 11.3 Å². The van der Waals surface area contributed by atoms with E-state index >= 15 is 0 Å². The molecule has 0 saturated heterocycles. The number of hydrogen-bond donors (Lipinski definition) is 1. The van der Waals surface area contributed by atoms with Gasteiger partial charge in [0.05, 0.1) is 5.39 Å². The van der Waals surface area contributed by atoms with Crippen LogP contribution in [0.5, 0.6) is 0 Å². The third kappa shape index (κ3) is 2.60. The van der Waals surface area contributed by atoms with Crippen LogP contribution in [0.25, 0.3) is 10.2 Å². The van der Waals surface area contributed by atoms with Crippen molar-refractivity contribution in [3.8, 4) is 0 Å². The van der Waals surface area contributed by atoms with Crippen molar-refractivity contribution in [1.82, 2.24) is 9.97 Å². The summed E-state index contributed by atoms with van der Waals surface area (Å²) in [5.41, 5.74) is 0.769. The van der Waals surface area contributed by atoms with E-state index in [1.165, 1.54) is 17.7 Å². The fraction of sp³-hybridized carbons (Fsp3) is 0.500. The standard InChI is InChI=1S/C14H19N3O2S/c1-4-6-17(7-5-2)12-10-9(3)11(14(18)19)20-13(10)16-8-15-12/h8H,4-7H2,1-3H3,(H,18,19). The number of carbonyl (C=O) groups is 1. The molecule has 0 saturated carbocycles. The van der Waals surface area contributed by atoms with E-state index in [1.807, 2.05) is 6.92 Å². The highest BCUT2D eigenvalue weighted by Crippen LogP contribution is 2.34. The number of aromatic carboxylic acids is 1. The third-order valence-electron chi connectivity index (χ3n) is 3.19. The Kier molecular flexibility index (Phi) is 4.54. The lowest BCUT2D eigenvalue weighted by atomic mass is 10.2. The van der Waals surface area contributed by atoms with Crippen molar-refractivity contribution >= 4 is 33.3 Å². The number of carboxylic acids is 1. The zero-order valence-electron chi connectivity index (χ0n) is 12.0. The number of aromatic nitrogens is 2. The van der Waals surface area contributed by atoms with Gasteiger partial charge in [-0.05, 0) is 25.3 Å². The highest BCUT2D eigenvalue weighted by Gasteiger charge is 2.20. The summed E-state index contributed by atoms with van der Waals surface area (Å²) in [4.78, 5) is 23.2. The minimum absolute atomic E-state index is 0.356. The molecule has 0 unspecified atom stereocenters. The topological polar surface area (TPSA) is 66.3 Å². The average Bonchev–Trinajstić information content (AvgIpc) is 2.76. The minimum Gasteiger partial charge on any atom is -0.477 e. The summed E-state index contributed by atoms with van der Waals surface area (Å²) in [7, 11) is 0. The molecule has 2 rings (SSSR count). The summed E-state index contributed by atoms with van der Waals surface area (Å²) in [5.74, 6) is -0.0334. The monoisotopic (exact) mass is 293 g/mol. The summed E-state index contributed by atoms with van der Waals surface area (Å²) in [6.07, 6.45) is 3.58. The average molecular weight is 293 g/mol. The lowest BCUT2D eigenvalue weighted by molar-refractivity contribution is 0.0701. The minimum atomic E-state index is -0.894. The number of nitrogens with zero attached hydrogens (tertiary/aromatic N) is 3. The predicted molar refractivity (Wildman–Crippen MR) is 81.9 cm³/mol. The lowest BCUT2D eigenvalue weighted by Gasteiger charge is -2.23. The van der Waals surface area contributed by atoms with E-state index in [9.17, 15) is 9.90 Å². The van der Waals surface area contributed by atoms with Gasteiger partial charge in [-0.2, -0.15) is 0 Å². The van der Waals surface area contributed by atoms with E-state index in [0.29, 0.717) is 4.88 Å². The highest BCUT2D eigenvalue weighted by molar-refractivity contribution is 7.20. The Balaban J connectivity index is 2.60. The second-order valence-corrected chi connectivity index (χ2v) is 5.72. The number of aryl methyl sites for hydroxylation is 1. The smallest absolute Gasteiger partial charge is 0.346 e. The second-order valence-electron chi connectivity index (χ2n) is 4.73. The maximum Gasteiger partial charge on any atom is 0.346 e. The van der Waals surface area contributed by atoms with Gasteiger partial charge < -0.3 is 10.0 Å². The predicted octanol–water partition coefficient (Wildman–Crippen LogP) is 3.32. The van der Waals surface area contributed by atoms with Crippen molar-refractivity contribution in [2.24, 2.45) is 0 Å². The molecule has 0 spiro atoms. The molecule has 0 aliphatic heterocycles. The Bertz CT molecular complexity index is 618. The van der Waals surface area contributed by atoms with Crippen LogP contribution in [0.2, 0.25) is 0 Å². The van der Waals surface area contributed by atoms with Gasteiger partial charge in [0.25, 0.3) is 0 Å². The SMILES string of the molecule is CCCN(CCC)c1ncnc2sc(C(=O)O)c(C)c12. The van der Waals surface area contributed by atoms with Crippen LogP contribution in [-0.2, 0) is 0 Å². The molecule has 0 aliphatic carbocycles. The van der Waals surface area contributed by atoms with Gasteiger partial charge in [-0.1, -0.05) is 13.8 Å². The van der Waals surface area contributed by atoms with Crippen LogP contribution in [0.15, 0.2) is 6.33 Å². The summed E-state index contributed by atoms with van der Waals surface area (Å²) in [6, 6.07) is 0. The van der Waals surface area contributed by atoms with Crippen molar-refractivity contribution in [2.45, 2.75) is 33.6 Å². The summed E-state index contributed by atoms with van der Waals surface area (Å²) < 4.78 is 0. The summed E-state index contributed by atoms with van der Waals surface area (Å²) in [5, 5.41) is 10.1. The Morgan fingerprint density at radius 2 is 1.95 bits per heavy atom. The molecule has 0 aliphatic rings. The van der Waals surface area contributed by atoms with Gasteiger partial charge in [-0.15, -0.1) is 11.3 Å². The molecule has 6 heteroatoms. The van der Waals surface area contributed by atoms with Gasteiger partial charge in [-0.25, -0.2) is 14.8 Å². The van der Waals surface area contributed by atoms with Gasteiger partial charge in [0.1, 0.15) is 21.9 Å². The Hall–Kier alpha value is -1.69. The third-order valence-corrected chi connectivity index (χ3v) is 4.38. The van der Waals surface area contributed by atoms with Gasteiger partial charge in [0, 0.05) is 13.1 Å². The van der Waals surface area contributed by atoms with Crippen LogP contribution in [0.4, 0.5) is 5.82 Å². The van der Waals surface area contributed by atoms with Gasteiger partial charge >= 0.3 is 5.97 Å². The molecule has 1 N–H and O–H groups in total. The van der Waals surface area contributed by atoms with Crippen molar-refractivity contribution < 1.29 is 9.90 Å². The second kappa shape index (κ2) is 6.17. The number of hydrogen-bond acceptors (Lipinski definition) is 5. The van der Waals surface area contributed by atoms with Crippen molar-refractivity contribution in [3.63, 3.8) is 0 Å². The van der Waals surface area contributed by atoms with Crippen LogP contribution in [0.1, 0.15) is 41.9 Å². The van der Waals surface area contributed by atoms with Crippen LogP contribution in [-0.4, -0.2) is 34.1 Å². The summed E-state index contributed by atoms with van der Waals surface area (Å²) >= 11 is 1.22. The van der Waals surface area contributed by atoms with E-state index in [-0.39, 0.29) is 0 Å². The maximum atomic E-state index is 11.3. The molecule has 0 bridgehead atoms. The van der Waals surface area contributed by atoms with Gasteiger partial charge in [0.15, 0.2) is 0 Å². The van der Waals surface area contributed by atoms with E-state index < -0.39 is 5.97 Å². The molecular weight excluding hydrogens is 274 g/mol. The van der Waals surface area contributed by atoms with Crippen LogP contribution in [0.3, 0.4) is 0 Å². The number of carboxylic acid groups (broad SMARTS) is 1. The molecule has 0 aromatic carbocycles. The van der Waals surface area contributed by atoms with E-state index in [1.54, 1.807) is 0 Å². The fourth-order valence-electron chi connectivity index (χ4n) is 2.36. The first kappa shape index (κ1) is 14.7. The molecule has 5 nitrogen and oxygen atoms in total. The fourth-order valence-corrected chi connectivity index (χ4v) is 3.34. The zero-order valence-corrected chi connectivity index (χ0v) is 12.8. The molecule has 0 fully saturated rings. The molecule has 20 heavy (non-hydrogen) atoms. The lowest BCUT2D eigenvalue weighted by Crippen LogP contribution is -2.26. The Morgan fingerprint density at radius 3 is 2.50 bits per heavy atom. The van der Waals surface area contributed by atoms with E-state index in [0.717, 1.165) is 47.5 Å². The quantitative estimate of drug-likeness (QED) is 0.885. The van der Waals surface area contributed by atoms with Crippen LogP contribution < -0.4 is 4.90 Å². The zero-order chi connectivity index (χ0) is 14.7. The summed E-state index contributed by atoms with van der Waals surface area (Å²) in [6.45, 7) is 7.93. The molecule has 2 aromatic heterocycles. The number of thiophene rings is 1. The molecule has 0 amide bonds. The number of anilines is 1. The van der Waals surface area contributed by atoms with Crippen molar-refractivity contribution in [2.75, 3.05) is 18.0 Å². The largest absolute Gasteiger partial charge is 0.477 e. The highest BCUT2D eigenvalue weighted by atomic mass is 32.1. The Labute approximate surface area is 122 Å². The Morgan fingerprint density at radius 1 is 1.30 bits per heavy atom. The normalized spacial score (nSPS) is 10.9. The van der Waals surface area contributed by atoms with Gasteiger partial charge in [-0.3, -0.25) is 0 Å².